The average molecular weight is 436 g/mol. The van der Waals surface area contributed by atoms with Crippen LogP contribution in [0.15, 0.2) is 16.7 Å². The summed E-state index contributed by atoms with van der Waals surface area (Å²) in [4.78, 5) is 18.6. The number of methoxy groups -OCH3 is 1. The second-order valence-electron chi connectivity index (χ2n) is 10.1. The quantitative estimate of drug-likeness (QED) is 0.657. The summed E-state index contributed by atoms with van der Waals surface area (Å²) in [6.45, 7) is 12.5. The minimum Gasteiger partial charge on any atom is -0.591 e. The molecule has 166 valence electrons. The molecule has 2 aliphatic rings. The van der Waals surface area contributed by atoms with Crippen molar-refractivity contribution in [3.05, 3.63) is 23.4 Å². The van der Waals surface area contributed by atoms with Gasteiger partial charge in [0, 0.05) is 36.3 Å². The maximum atomic E-state index is 12.9. The Balaban J connectivity index is 1.90. The highest BCUT2D eigenvalue weighted by atomic mass is 32.2. The normalized spacial score (nSPS) is 20.9. The minimum absolute atomic E-state index is 0.254. The third kappa shape index (κ3) is 4.75. The second-order valence-corrected chi connectivity index (χ2v) is 12.0. The van der Waals surface area contributed by atoms with Crippen molar-refractivity contribution in [2.24, 2.45) is 9.81 Å². The molecule has 30 heavy (non-hydrogen) atoms. The lowest BCUT2D eigenvalue weighted by molar-refractivity contribution is 0.0159. The van der Waals surface area contributed by atoms with Gasteiger partial charge in [-0.3, -0.25) is 0 Å². The number of pyridine rings is 1. The number of ether oxygens (including phenoxy) is 2. The summed E-state index contributed by atoms with van der Waals surface area (Å²) in [5.41, 5.74) is 2.14. The zero-order valence-corrected chi connectivity index (χ0v) is 19.9. The van der Waals surface area contributed by atoms with Crippen molar-refractivity contribution in [1.82, 2.24) is 9.88 Å². The van der Waals surface area contributed by atoms with Gasteiger partial charge in [-0.1, -0.05) is 4.40 Å². The highest BCUT2D eigenvalue weighted by Gasteiger charge is 2.48. The van der Waals surface area contributed by atoms with Crippen molar-refractivity contribution in [3.63, 3.8) is 0 Å². The van der Waals surface area contributed by atoms with Gasteiger partial charge in [0.25, 0.3) is 0 Å². The molecule has 2 heterocycles. The van der Waals surface area contributed by atoms with Crippen LogP contribution in [0.4, 0.5) is 4.79 Å². The van der Waals surface area contributed by atoms with Crippen LogP contribution >= 0.6 is 0 Å². The predicted octanol–water partition coefficient (Wildman–Crippen LogP) is 3.91. The number of nitrogens with zero attached hydrogens (tertiary/aromatic N) is 3. The molecule has 1 aromatic rings. The molecule has 1 aliphatic heterocycles. The van der Waals surface area contributed by atoms with Crippen LogP contribution in [0.1, 0.15) is 65.5 Å². The summed E-state index contributed by atoms with van der Waals surface area (Å²) >= 11 is -1.38. The SMILES string of the molecule is COc1cc2c(cn1)CC1(CCN(C(=O)OC(C)(C)C)CC1)/C2=N\[S@+]([O-])C(C)(C)C. The third-order valence-corrected chi connectivity index (χ3v) is 6.92. The first-order valence-electron chi connectivity index (χ1n) is 10.4. The maximum Gasteiger partial charge on any atom is 0.410 e. The Bertz CT molecular complexity index is 834. The van der Waals surface area contributed by atoms with Crippen LogP contribution < -0.4 is 4.74 Å². The summed E-state index contributed by atoms with van der Waals surface area (Å²) in [6.07, 6.45) is 3.81. The van der Waals surface area contributed by atoms with E-state index < -0.39 is 21.7 Å². The lowest BCUT2D eigenvalue weighted by Crippen LogP contribution is -2.47. The number of carbonyl (C=O) groups excluding carboxylic acids is 1. The Hall–Kier alpha value is -1.80. The van der Waals surface area contributed by atoms with Crippen molar-refractivity contribution in [1.29, 1.82) is 0 Å². The standard InChI is InChI=1S/C22H33N3O4S/c1-20(2,3)29-19(26)25-10-8-22(9-11-25)13-15-14-23-17(28-7)12-16(15)18(22)24-30(27)21(4,5)6/h12,14H,8-11,13H2,1-7H3/b24-18-/t30-/m1/s1. The van der Waals surface area contributed by atoms with Gasteiger partial charge in [-0.25, -0.2) is 9.78 Å². The molecule has 1 saturated heterocycles. The van der Waals surface area contributed by atoms with Crippen molar-refractivity contribution in [3.8, 4) is 5.88 Å². The number of hydrogen-bond acceptors (Lipinski definition) is 6. The predicted molar refractivity (Wildman–Crippen MR) is 118 cm³/mol. The van der Waals surface area contributed by atoms with Crippen molar-refractivity contribution in [2.75, 3.05) is 20.2 Å². The van der Waals surface area contributed by atoms with E-state index in [4.69, 9.17) is 13.9 Å². The molecule has 7 nitrogen and oxygen atoms in total. The van der Waals surface area contributed by atoms with E-state index in [1.165, 1.54) is 0 Å². The van der Waals surface area contributed by atoms with E-state index in [1.54, 1.807) is 12.0 Å². The van der Waals surface area contributed by atoms with Crippen LogP contribution in [-0.2, 0) is 22.5 Å². The monoisotopic (exact) mass is 435 g/mol. The second kappa shape index (κ2) is 8.04. The van der Waals surface area contributed by atoms with Gasteiger partial charge in [0.2, 0.25) is 5.88 Å². The molecular formula is C22H33N3O4S. The largest absolute Gasteiger partial charge is 0.591 e. The molecule has 1 aromatic heterocycles. The molecule has 0 radical (unpaired) electrons. The number of likely N-dealkylation sites (tertiary alicyclic amines) is 1. The summed E-state index contributed by atoms with van der Waals surface area (Å²) in [7, 11) is 1.59. The Morgan fingerprint density at radius 3 is 2.40 bits per heavy atom. The van der Waals surface area contributed by atoms with Gasteiger partial charge in [0.15, 0.2) is 0 Å². The van der Waals surface area contributed by atoms with Gasteiger partial charge < -0.3 is 18.9 Å². The molecule has 1 spiro atoms. The molecule has 1 fully saturated rings. The molecule has 1 atom stereocenters. The van der Waals surface area contributed by atoms with Gasteiger partial charge in [0.1, 0.15) is 27.4 Å². The topological polar surface area (TPSA) is 87.1 Å². The fourth-order valence-electron chi connectivity index (χ4n) is 3.89. The number of fused-ring (bicyclic) bond motifs is 1. The number of piperidine rings is 1. The van der Waals surface area contributed by atoms with E-state index in [0.29, 0.717) is 19.0 Å². The fraction of sp³-hybridized carbons (Fsp3) is 0.682. The zero-order valence-electron chi connectivity index (χ0n) is 19.1. The van der Waals surface area contributed by atoms with E-state index in [-0.39, 0.29) is 11.5 Å². The molecule has 0 unspecified atom stereocenters. The van der Waals surface area contributed by atoms with E-state index in [1.807, 2.05) is 53.8 Å². The van der Waals surface area contributed by atoms with Gasteiger partial charge in [-0.05, 0) is 66.4 Å². The number of hydrogen-bond donors (Lipinski definition) is 0. The zero-order chi connectivity index (χ0) is 22.3. The van der Waals surface area contributed by atoms with Gasteiger partial charge in [0.05, 0.1) is 7.11 Å². The molecular weight excluding hydrogens is 402 g/mol. The van der Waals surface area contributed by atoms with Crippen LogP contribution in [0.3, 0.4) is 0 Å². The van der Waals surface area contributed by atoms with Crippen LogP contribution in [0.25, 0.3) is 0 Å². The van der Waals surface area contributed by atoms with Gasteiger partial charge >= 0.3 is 6.09 Å². The Labute approximate surface area is 182 Å². The molecule has 0 aromatic carbocycles. The minimum atomic E-state index is -1.38. The number of rotatable bonds is 2. The van der Waals surface area contributed by atoms with E-state index in [0.717, 1.165) is 36.1 Å². The van der Waals surface area contributed by atoms with E-state index in [9.17, 15) is 9.35 Å². The summed E-state index contributed by atoms with van der Waals surface area (Å²) in [6, 6.07) is 1.89. The number of amides is 1. The highest BCUT2D eigenvalue weighted by molar-refractivity contribution is 7.91. The highest BCUT2D eigenvalue weighted by Crippen LogP contribution is 2.46. The molecule has 3 rings (SSSR count). The summed E-state index contributed by atoms with van der Waals surface area (Å²) in [5.74, 6) is 0.520. The van der Waals surface area contributed by atoms with Crippen LogP contribution in [-0.4, -0.2) is 56.8 Å². The Morgan fingerprint density at radius 2 is 1.87 bits per heavy atom. The van der Waals surface area contributed by atoms with Crippen molar-refractivity contribution >= 4 is 23.2 Å². The first kappa shape index (κ1) is 22.9. The fourth-order valence-corrected chi connectivity index (χ4v) is 4.63. The molecule has 0 N–H and O–H groups in total. The Kier molecular flexibility index (Phi) is 6.13. The molecule has 0 saturated carbocycles. The van der Waals surface area contributed by atoms with E-state index >= 15 is 0 Å². The third-order valence-electron chi connectivity index (χ3n) is 5.53. The van der Waals surface area contributed by atoms with Crippen LogP contribution in [0, 0.1) is 5.41 Å². The summed E-state index contributed by atoms with van der Waals surface area (Å²) < 4.78 is 28.1. The molecule has 1 aliphatic carbocycles. The molecule has 8 heteroatoms. The lowest BCUT2D eigenvalue weighted by Gasteiger charge is -2.39. The maximum absolute atomic E-state index is 12.9. The average Bonchev–Trinajstić information content (AvgIpc) is 2.92. The van der Waals surface area contributed by atoms with Gasteiger partial charge in [-0.15, -0.1) is 0 Å². The van der Waals surface area contributed by atoms with Crippen LogP contribution in [0.5, 0.6) is 5.88 Å². The van der Waals surface area contributed by atoms with Crippen molar-refractivity contribution in [2.45, 2.75) is 71.2 Å². The van der Waals surface area contributed by atoms with Crippen molar-refractivity contribution < 1.29 is 18.8 Å². The van der Waals surface area contributed by atoms with E-state index in [2.05, 4.69) is 4.98 Å². The number of carbonyl (C=O) groups is 1. The smallest absolute Gasteiger partial charge is 0.410 e. The number of aromatic nitrogens is 1. The first-order valence-corrected chi connectivity index (χ1v) is 11.5. The molecule has 0 bridgehead atoms. The first-order chi connectivity index (χ1) is 13.8. The Morgan fingerprint density at radius 1 is 1.23 bits per heavy atom. The molecule has 1 amide bonds. The van der Waals surface area contributed by atoms with Crippen LogP contribution in [0.2, 0.25) is 0 Å². The lowest BCUT2D eigenvalue weighted by atomic mass is 9.74. The summed E-state index contributed by atoms with van der Waals surface area (Å²) in [5, 5.41) is 0. The van der Waals surface area contributed by atoms with Gasteiger partial charge in [-0.2, -0.15) is 0 Å².